The van der Waals surface area contributed by atoms with E-state index < -0.39 is 0 Å². The third kappa shape index (κ3) is 2.60. The van der Waals surface area contributed by atoms with Crippen molar-refractivity contribution in [2.75, 3.05) is 11.5 Å². The molecule has 0 radical (unpaired) electrons. The Morgan fingerprint density at radius 2 is 1.94 bits per heavy atom. The highest BCUT2D eigenvalue weighted by molar-refractivity contribution is 7.98. The van der Waals surface area contributed by atoms with Crippen LogP contribution in [0.15, 0.2) is 15.7 Å². The first-order chi connectivity index (χ1) is 7.63. The molecule has 2 aromatic heterocycles. The van der Waals surface area contributed by atoms with Gasteiger partial charge in [0, 0.05) is 6.07 Å². The summed E-state index contributed by atoms with van der Waals surface area (Å²) in [5.41, 5.74) is 11.1. The first kappa shape index (κ1) is 10.7. The molecule has 0 atom stereocenters. The summed E-state index contributed by atoms with van der Waals surface area (Å²) < 4.78 is 4.95. The van der Waals surface area contributed by atoms with Crippen molar-refractivity contribution in [1.29, 1.82) is 0 Å². The second-order valence-corrected chi connectivity index (χ2v) is 3.97. The van der Waals surface area contributed by atoms with Gasteiger partial charge in [-0.15, -0.1) is 0 Å². The Hall–Kier alpha value is -1.83. The fourth-order valence-corrected chi connectivity index (χ4v) is 1.76. The van der Waals surface area contributed by atoms with E-state index in [1.165, 1.54) is 17.8 Å². The normalized spacial score (nSPS) is 10.6. The standard InChI is InChI=1S/C8H10N6OS/c1-4-11-7(15-14-4)3-16-8-12-5(9)2-6(10)13-8/h2H,3H2,1H3,(H4,9,10,12,13). The Balaban J connectivity index is 2.04. The van der Waals surface area contributed by atoms with Crippen LogP contribution < -0.4 is 11.5 Å². The molecule has 8 heteroatoms. The number of nitrogens with zero attached hydrogens (tertiary/aromatic N) is 4. The Morgan fingerprint density at radius 3 is 2.50 bits per heavy atom. The van der Waals surface area contributed by atoms with Crippen molar-refractivity contribution in [3.05, 3.63) is 17.8 Å². The van der Waals surface area contributed by atoms with Gasteiger partial charge in [0.05, 0.1) is 5.75 Å². The van der Waals surface area contributed by atoms with E-state index in [4.69, 9.17) is 16.0 Å². The van der Waals surface area contributed by atoms with Gasteiger partial charge in [-0.1, -0.05) is 16.9 Å². The van der Waals surface area contributed by atoms with E-state index in [0.29, 0.717) is 34.3 Å². The van der Waals surface area contributed by atoms with Crippen LogP contribution in [0, 0.1) is 6.92 Å². The first-order valence-electron chi connectivity index (χ1n) is 4.45. The van der Waals surface area contributed by atoms with E-state index in [-0.39, 0.29) is 0 Å². The van der Waals surface area contributed by atoms with E-state index in [1.54, 1.807) is 6.92 Å². The molecule has 0 fully saturated rings. The minimum atomic E-state index is 0.344. The number of hydrogen-bond donors (Lipinski definition) is 2. The minimum Gasteiger partial charge on any atom is -0.383 e. The maximum absolute atomic E-state index is 5.54. The van der Waals surface area contributed by atoms with Gasteiger partial charge in [-0.3, -0.25) is 0 Å². The lowest BCUT2D eigenvalue weighted by molar-refractivity contribution is 0.387. The summed E-state index contributed by atoms with van der Waals surface area (Å²) in [6.07, 6.45) is 0. The molecule has 2 aromatic rings. The van der Waals surface area contributed by atoms with Gasteiger partial charge in [0.25, 0.3) is 0 Å². The largest absolute Gasteiger partial charge is 0.383 e. The second kappa shape index (κ2) is 4.35. The predicted octanol–water partition coefficient (Wildman–Crippen LogP) is 0.625. The lowest BCUT2D eigenvalue weighted by atomic mass is 10.5. The summed E-state index contributed by atoms with van der Waals surface area (Å²) in [6.45, 7) is 1.76. The third-order valence-electron chi connectivity index (χ3n) is 1.64. The number of rotatable bonds is 3. The van der Waals surface area contributed by atoms with Crippen LogP contribution in [-0.2, 0) is 5.75 Å². The van der Waals surface area contributed by atoms with E-state index in [0.717, 1.165) is 0 Å². The molecule has 4 N–H and O–H groups in total. The second-order valence-electron chi connectivity index (χ2n) is 3.02. The lowest BCUT2D eigenvalue weighted by Crippen LogP contribution is -1.99. The van der Waals surface area contributed by atoms with Gasteiger partial charge in [0.15, 0.2) is 11.0 Å². The zero-order chi connectivity index (χ0) is 11.5. The van der Waals surface area contributed by atoms with E-state index >= 15 is 0 Å². The molecule has 0 aliphatic carbocycles. The monoisotopic (exact) mass is 238 g/mol. The van der Waals surface area contributed by atoms with Crippen LogP contribution in [-0.4, -0.2) is 20.1 Å². The molecule has 2 rings (SSSR count). The van der Waals surface area contributed by atoms with Crippen molar-refractivity contribution in [3.8, 4) is 0 Å². The van der Waals surface area contributed by atoms with E-state index in [2.05, 4.69) is 20.1 Å². The fourth-order valence-electron chi connectivity index (χ4n) is 1.05. The van der Waals surface area contributed by atoms with Crippen LogP contribution in [0.25, 0.3) is 0 Å². The number of nitrogens with two attached hydrogens (primary N) is 2. The Morgan fingerprint density at radius 1 is 1.25 bits per heavy atom. The molecule has 0 aliphatic rings. The van der Waals surface area contributed by atoms with Gasteiger partial charge >= 0.3 is 0 Å². The molecule has 2 heterocycles. The molecule has 0 bridgehead atoms. The Bertz CT molecular complexity index is 479. The zero-order valence-corrected chi connectivity index (χ0v) is 9.36. The average Bonchev–Trinajstić information content (AvgIpc) is 2.60. The van der Waals surface area contributed by atoms with Crippen molar-refractivity contribution in [1.82, 2.24) is 20.1 Å². The van der Waals surface area contributed by atoms with Crippen LogP contribution >= 0.6 is 11.8 Å². The summed E-state index contributed by atoms with van der Waals surface area (Å²) >= 11 is 1.34. The summed E-state index contributed by atoms with van der Waals surface area (Å²) in [5, 5.41) is 4.17. The van der Waals surface area contributed by atoms with Crippen LogP contribution in [0.4, 0.5) is 11.6 Å². The zero-order valence-electron chi connectivity index (χ0n) is 8.54. The van der Waals surface area contributed by atoms with Gasteiger partial charge in [-0.05, 0) is 6.92 Å². The van der Waals surface area contributed by atoms with E-state index in [1.807, 2.05) is 0 Å². The molecule has 0 aliphatic heterocycles. The molecule has 7 nitrogen and oxygen atoms in total. The Kier molecular flexibility index (Phi) is 2.91. The van der Waals surface area contributed by atoms with Crippen molar-refractivity contribution in [2.45, 2.75) is 17.8 Å². The van der Waals surface area contributed by atoms with Crippen LogP contribution in [0.1, 0.15) is 11.7 Å². The molecule has 0 spiro atoms. The maximum atomic E-state index is 5.54. The Labute approximate surface area is 95.6 Å². The first-order valence-corrected chi connectivity index (χ1v) is 5.44. The van der Waals surface area contributed by atoms with Crippen LogP contribution in [0.2, 0.25) is 0 Å². The number of aryl methyl sites for hydroxylation is 1. The van der Waals surface area contributed by atoms with Gasteiger partial charge < -0.3 is 16.0 Å². The van der Waals surface area contributed by atoms with Crippen LogP contribution in [0.3, 0.4) is 0 Å². The lowest BCUT2D eigenvalue weighted by Gasteiger charge is -2.00. The van der Waals surface area contributed by atoms with Crippen molar-refractivity contribution in [3.63, 3.8) is 0 Å². The van der Waals surface area contributed by atoms with Gasteiger partial charge in [0.1, 0.15) is 11.6 Å². The number of hydrogen-bond acceptors (Lipinski definition) is 8. The third-order valence-corrected chi connectivity index (χ3v) is 2.47. The van der Waals surface area contributed by atoms with E-state index in [9.17, 15) is 0 Å². The average molecular weight is 238 g/mol. The summed E-state index contributed by atoms with van der Waals surface area (Å²) in [5.74, 6) is 2.30. The molecule has 0 unspecified atom stereocenters. The van der Waals surface area contributed by atoms with Gasteiger partial charge in [-0.25, -0.2) is 9.97 Å². The quantitative estimate of drug-likeness (QED) is 0.590. The van der Waals surface area contributed by atoms with Gasteiger partial charge in [0.2, 0.25) is 5.89 Å². The highest BCUT2D eigenvalue weighted by Crippen LogP contribution is 2.20. The molecule has 0 amide bonds. The smallest absolute Gasteiger partial charge is 0.237 e. The van der Waals surface area contributed by atoms with Crippen molar-refractivity contribution >= 4 is 23.4 Å². The highest BCUT2D eigenvalue weighted by Gasteiger charge is 2.06. The molecule has 16 heavy (non-hydrogen) atoms. The van der Waals surface area contributed by atoms with Gasteiger partial charge in [-0.2, -0.15) is 4.98 Å². The predicted molar refractivity (Wildman–Crippen MR) is 59.5 cm³/mol. The topological polar surface area (TPSA) is 117 Å². The molecule has 0 aromatic carbocycles. The molecular formula is C8H10N6OS. The van der Waals surface area contributed by atoms with Crippen molar-refractivity contribution in [2.24, 2.45) is 0 Å². The summed E-state index contributed by atoms with van der Waals surface area (Å²) in [6, 6.07) is 1.50. The van der Waals surface area contributed by atoms with Crippen molar-refractivity contribution < 1.29 is 4.52 Å². The minimum absolute atomic E-state index is 0.344. The van der Waals surface area contributed by atoms with Crippen LogP contribution in [0.5, 0.6) is 0 Å². The molecular weight excluding hydrogens is 228 g/mol. The SMILES string of the molecule is Cc1noc(CSc2nc(N)cc(N)n2)n1. The number of thioether (sulfide) groups is 1. The summed E-state index contributed by atoms with van der Waals surface area (Å²) in [7, 11) is 0. The summed E-state index contributed by atoms with van der Waals surface area (Å²) in [4.78, 5) is 12.1. The highest BCUT2D eigenvalue weighted by atomic mass is 32.2. The molecule has 84 valence electrons. The molecule has 0 saturated carbocycles. The maximum Gasteiger partial charge on any atom is 0.237 e. The number of aromatic nitrogens is 4. The number of nitrogen functional groups attached to an aromatic ring is 2. The fraction of sp³-hybridized carbons (Fsp3) is 0.250. The molecule has 0 saturated heterocycles. The number of anilines is 2.